The molecule has 2 aromatic rings. The summed E-state index contributed by atoms with van der Waals surface area (Å²) in [7, 11) is 0. The van der Waals surface area contributed by atoms with E-state index in [1.54, 1.807) is 12.4 Å². The van der Waals surface area contributed by atoms with Gasteiger partial charge >= 0.3 is 0 Å². The van der Waals surface area contributed by atoms with Crippen LogP contribution in [0.15, 0.2) is 54.5 Å². The second kappa shape index (κ2) is 8.80. The van der Waals surface area contributed by atoms with Gasteiger partial charge in [-0.05, 0) is 37.5 Å². The van der Waals surface area contributed by atoms with Gasteiger partial charge in [-0.25, -0.2) is 5.43 Å². The molecule has 2 heterocycles. The van der Waals surface area contributed by atoms with Crippen molar-refractivity contribution in [2.24, 2.45) is 0 Å². The Labute approximate surface area is 165 Å². The number of hydrogen-bond acceptors (Lipinski definition) is 5. The van der Waals surface area contributed by atoms with Crippen molar-refractivity contribution >= 4 is 17.3 Å². The molecule has 0 radical (unpaired) electrons. The summed E-state index contributed by atoms with van der Waals surface area (Å²) >= 11 is 0. The molecule has 0 fully saturated rings. The monoisotopic (exact) mass is 378 g/mol. The fraction of sp³-hybridized carbons (Fsp3) is 0.318. The quantitative estimate of drug-likeness (QED) is 0.775. The number of carbonyl (C=O) groups is 2. The Morgan fingerprint density at radius 2 is 1.96 bits per heavy atom. The third-order valence-corrected chi connectivity index (χ3v) is 4.87. The van der Waals surface area contributed by atoms with Crippen LogP contribution < -0.4 is 10.7 Å². The van der Waals surface area contributed by atoms with Crippen LogP contribution in [0.1, 0.15) is 49.9 Å². The minimum atomic E-state index is -0.687. The Balaban J connectivity index is 1.95. The predicted molar refractivity (Wildman–Crippen MR) is 109 cm³/mol. The van der Waals surface area contributed by atoms with Crippen LogP contribution in [-0.4, -0.2) is 28.2 Å². The number of Topliss-reactive ketones (excluding diaryl/α,β-unsaturated/α-hetero) is 1. The molecular weight excluding hydrogens is 352 g/mol. The van der Waals surface area contributed by atoms with Crippen LogP contribution in [0, 0.1) is 0 Å². The van der Waals surface area contributed by atoms with E-state index in [1.165, 1.54) is 6.92 Å². The number of pyridine rings is 1. The molecule has 0 spiro atoms. The molecule has 1 aliphatic heterocycles. The van der Waals surface area contributed by atoms with Gasteiger partial charge in [0.25, 0.3) is 5.91 Å². The highest BCUT2D eigenvalue weighted by Gasteiger charge is 2.29. The predicted octanol–water partition coefficient (Wildman–Crippen LogP) is 2.99. The Kier molecular flexibility index (Phi) is 6.21. The second-order valence-electron chi connectivity index (χ2n) is 6.92. The average molecular weight is 378 g/mol. The number of nitrogens with zero attached hydrogens (tertiary/aromatic N) is 2. The highest BCUT2D eigenvalue weighted by Crippen LogP contribution is 2.31. The van der Waals surface area contributed by atoms with E-state index in [-0.39, 0.29) is 11.7 Å². The highest BCUT2D eigenvalue weighted by molar-refractivity contribution is 6.21. The van der Waals surface area contributed by atoms with Gasteiger partial charge in [0.1, 0.15) is 6.04 Å². The Morgan fingerprint density at radius 3 is 2.64 bits per heavy atom. The molecule has 0 bridgehead atoms. The van der Waals surface area contributed by atoms with Gasteiger partial charge in [-0.3, -0.25) is 14.6 Å². The summed E-state index contributed by atoms with van der Waals surface area (Å²) in [4.78, 5) is 29.7. The molecule has 0 saturated carbocycles. The van der Waals surface area contributed by atoms with Gasteiger partial charge < -0.3 is 10.3 Å². The number of rotatable bonds is 7. The van der Waals surface area contributed by atoms with Gasteiger partial charge in [-0.15, -0.1) is 0 Å². The van der Waals surface area contributed by atoms with Gasteiger partial charge in [-0.1, -0.05) is 37.3 Å². The van der Waals surface area contributed by atoms with Gasteiger partial charge in [0.2, 0.25) is 0 Å². The topological polar surface area (TPSA) is 74.3 Å². The zero-order valence-corrected chi connectivity index (χ0v) is 16.5. The number of amides is 1. The Bertz CT molecular complexity index is 892. The number of carbonyl (C=O) groups excluding carboxylic acids is 2. The number of nitrogens with one attached hydrogen (secondary N) is 2. The molecule has 0 unspecified atom stereocenters. The Hall–Kier alpha value is -2.99. The molecule has 1 aromatic carbocycles. The zero-order valence-electron chi connectivity index (χ0n) is 16.5. The van der Waals surface area contributed by atoms with Crippen molar-refractivity contribution in [2.75, 3.05) is 6.54 Å². The van der Waals surface area contributed by atoms with Crippen LogP contribution in [0.25, 0.3) is 5.57 Å². The number of hydrazine groups is 1. The molecule has 1 amide bonds. The van der Waals surface area contributed by atoms with Crippen LogP contribution in [-0.2, 0) is 16.1 Å². The summed E-state index contributed by atoms with van der Waals surface area (Å²) in [6, 6.07) is 10.5. The van der Waals surface area contributed by atoms with Gasteiger partial charge in [0.15, 0.2) is 5.78 Å². The van der Waals surface area contributed by atoms with Crippen molar-refractivity contribution in [1.29, 1.82) is 0 Å². The van der Waals surface area contributed by atoms with E-state index in [0.717, 1.165) is 35.4 Å². The second-order valence-corrected chi connectivity index (χ2v) is 6.92. The third kappa shape index (κ3) is 4.12. The first-order chi connectivity index (χ1) is 13.5. The number of allylic oxidation sites excluding steroid dienone is 1. The van der Waals surface area contributed by atoms with E-state index < -0.39 is 6.04 Å². The molecule has 146 valence electrons. The molecule has 1 atom stereocenters. The van der Waals surface area contributed by atoms with E-state index in [2.05, 4.69) is 22.7 Å². The minimum absolute atomic E-state index is 0.110. The molecule has 6 nitrogen and oxygen atoms in total. The fourth-order valence-corrected chi connectivity index (χ4v) is 3.38. The first-order valence-electron chi connectivity index (χ1n) is 9.54. The van der Waals surface area contributed by atoms with Crippen LogP contribution in [0.3, 0.4) is 0 Å². The summed E-state index contributed by atoms with van der Waals surface area (Å²) in [5, 5.41) is 4.91. The fourth-order valence-electron chi connectivity index (χ4n) is 3.38. The number of ketones is 1. The molecule has 2 N–H and O–H groups in total. The summed E-state index contributed by atoms with van der Waals surface area (Å²) in [5.74, 6) is -0.389. The standard InChI is InChI=1S/C22H26N4O2/c1-4-11-24-26-14-18-10-12-23-13-19(18)20(15(26)2)22(28)25-21(16(3)27)17-8-6-5-7-9-17/h5-10,12-13,21,24H,4,11,14H2,1-3H3,(H,25,28)/t21-/m1/s1. The molecular formula is C22H26N4O2. The summed E-state index contributed by atoms with van der Waals surface area (Å²) in [6.45, 7) is 6.98. The average Bonchev–Trinajstić information content (AvgIpc) is 2.70. The highest BCUT2D eigenvalue weighted by atomic mass is 16.2. The van der Waals surface area contributed by atoms with Crippen LogP contribution in [0.2, 0.25) is 0 Å². The third-order valence-electron chi connectivity index (χ3n) is 4.87. The van der Waals surface area contributed by atoms with Crippen molar-refractivity contribution < 1.29 is 9.59 Å². The lowest BCUT2D eigenvalue weighted by atomic mass is 9.94. The Morgan fingerprint density at radius 1 is 1.21 bits per heavy atom. The molecule has 28 heavy (non-hydrogen) atoms. The summed E-state index contributed by atoms with van der Waals surface area (Å²) < 4.78 is 0. The van der Waals surface area contributed by atoms with Crippen molar-refractivity contribution in [3.05, 3.63) is 71.2 Å². The largest absolute Gasteiger partial charge is 0.338 e. The first-order valence-corrected chi connectivity index (χ1v) is 9.54. The molecule has 0 saturated heterocycles. The number of aromatic nitrogens is 1. The van der Waals surface area contributed by atoms with E-state index in [0.29, 0.717) is 12.1 Å². The number of hydrogen-bond donors (Lipinski definition) is 2. The van der Waals surface area contributed by atoms with Crippen molar-refractivity contribution in [2.45, 2.75) is 39.8 Å². The molecule has 3 rings (SSSR count). The van der Waals surface area contributed by atoms with E-state index in [4.69, 9.17) is 0 Å². The maximum atomic E-state index is 13.3. The van der Waals surface area contributed by atoms with Crippen LogP contribution in [0.4, 0.5) is 0 Å². The van der Waals surface area contributed by atoms with Gasteiger partial charge in [0.05, 0.1) is 12.1 Å². The first kappa shape index (κ1) is 19.8. The summed E-state index contributed by atoms with van der Waals surface area (Å²) in [6.07, 6.45) is 4.43. The molecule has 6 heteroatoms. The lowest BCUT2D eigenvalue weighted by Gasteiger charge is -2.33. The van der Waals surface area contributed by atoms with Crippen molar-refractivity contribution in [1.82, 2.24) is 20.7 Å². The molecule has 1 aromatic heterocycles. The van der Waals surface area contributed by atoms with Crippen LogP contribution >= 0.6 is 0 Å². The van der Waals surface area contributed by atoms with Gasteiger partial charge in [-0.2, -0.15) is 0 Å². The van der Waals surface area contributed by atoms with Crippen molar-refractivity contribution in [3.8, 4) is 0 Å². The molecule has 0 aliphatic carbocycles. The zero-order chi connectivity index (χ0) is 20.1. The van der Waals surface area contributed by atoms with E-state index >= 15 is 0 Å². The maximum Gasteiger partial charge on any atom is 0.254 e. The normalized spacial score (nSPS) is 14.5. The number of fused-ring (bicyclic) bond motifs is 1. The lowest BCUT2D eigenvalue weighted by Crippen LogP contribution is -2.42. The van der Waals surface area contributed by atoms with E-state index in [9.17, 15) is 9.59 Å². The summed E-state index contributed by atoms with van der Waals surface area (Å²) in [5.41, 5.74) is 7.32. The maximum absolute atomic E-state index is 13.3. The SMILES string of the molecule is CCCNN1Cc2ccncc2C(C(=O)N[C@H](C(C)=O)c2ccccc2)=C1C. The van der Waals surface area contributed by atoms with Crippen LogP contribution in [0.5, 0.6) is 0 Å². The van der Waals surface area contributed by atoms with Crippen molar-refractivity contribution in [3.63, 3.8) is 0 Å². The van der Waals surface area contributed by atoms with Gasteiger partial charge in [0, 0.05) is 30.2 Å². The molecule has 1 aliphatic rings. The lowest BCUT2D eigenvalue weighted by molar-refractivity contribution is -0.124. The minimum Gasteiger partial charge on any atom is -0.338 e. The number of benzene rings is 1. The van der Waals surface area contributed by atoms with E-state index in [1.807, 2.05) is 48.3 Å². The smallest absolute Gasteiger partial charge is 0.254 e.